The van der Waals surface area contributed by atoms with E-state index in [1.165, 1.54) is 0 Å². The highest BCUT2D eigenvalue weighted by atomic mass is 32.1. The van der Waals surface area contributed by atoms with Crippen molar-refractivity contribution in [2.75, 3.05) is 11.5 Å². The standard InChI is InChI=1S/C20H20N2O3S/c1-3-25-19(24)17-13(2)22(15-9-5-4-6-10-15)20(26)21-18(17)14-8-7-11-16(23)12-14/h4-12,18,23H,3H2,1-2H3,(H,21,26). The lowest BCUT2D eigenvalue weighted by atomic mass is 9.94. The monoisotopic (exact) mass is 368 g/mol. The summed E-state index contributed by atoms with van der Waals surface area (Å²) in [6.45, 7) is 3.90. The summed E-state index contributed by atoms with van der Waals surface area (Å²) in [4.78, 5) is 14.5. The quantitative estimate of drug-likeness (QED) is 0.634. The first-order valence-electron chi connectivity index (χ1n) is 8.35. The van der Waals surface area contributed by atoms with Gasteiger partial charge in [-0.05, 0) is 55.9 Å². The van der Waals surface area contributed by atoms with E-state index in [-0.39, 0.29) is 12.4 Å². The van der Waals surface area contributed by atoms with Gasteiger partial charge in [0.25, 0.3) is 0 Å². The normalized spacial score (nSPS) is 17.1. The van der Waals surface area contributed by atoms with Gasteiger partial charge in [0, 0.05) is 11.4 Å². The van der Waals surface area contributed by atoms with Gasteiger partial charge < -0.3 is 15.2 Å². The summed E-state index contributed by atoms with van der Waals surface area (Å²) in [5.74, 6) is -0.282. The topological polar surface area (TPSA) is 61.8 Å². The van der Waals surface area contributed by atoms with Crippen LogP contribution in [0.5, 0.6) is 5.75 Å². The first-order valence-corrected chi connectivity index (χ1v) is 8.76. The summed E-state index contributed by atoms with van der Waals surface area (Å²) >= 11 is 5.57. The van der Waals surface area contributed by atoms with Crippen LogP contribution in [0.3, 0.4) is 0 Å². The summed E-state index contributed by atoms with van der Waals surface area (Å²) in [5.41, 5.74) is 2.77. The summed E-state index contributed by atoms with van der Waals surface area (Å²) in [7, 11) is 0. The Morgan fingerprint density at radius 3 is 2.62 bits per heavy atom. The Labute approximate surface area is 157 Å². The summed E-state index contributed by atoms with van der Waals surface area (Å²) in [6.07, 6.45) is 0. The van der Waals surface area contributed by atoms with Gasteiger partial charge in [-0.15, -0.1) is 0 Å². The number of nitrogens with zero attached hydrogens (tertiary/aromatic N) is 1. The number of thiocarbonyl (C=S) groups is 1. The van der Waals surface area contributed by atoms with Gasteiger partial charge in [-0.1, -0.05) is 30.3 Å². The number of allylic oxidation sites excluding steroid dienone is 1. The van der Waals surface area contributed by atoms with Gasteiger partial charge >= 0.3 is 5.97 Å². The maximum Gasteiger partial charge on any atom is 0.338 e. The van der Waals surface area contributed by atoms with Crippen LogP contribution in [0.4, 0.5) is 5.69 Å². The number of carbonyl (C=O) groups excluding carboxylic acids is 1. The minimum absolute atomic E-state index is 0.126. The highest BCUT2D eigenvalue weighted by Gasteiger charge is 2.35. The Bertz CT molecular complexity index is 864. The van der Waals surface area contributed by atoms with Crippen LogP contribution in [0.1, 0.15) is 25.5 Å². The number of hydrogen-bond acceptors (Lipinski definition) is 4. The maximum atomic E-state index is 12.7. The number of aromatic hydroxyl groups is 1. The number of ether oxygens (including phenoxy) is 1. The average Bonchev–Trinajstić information content (AvgIpc) is 2.62. The highest BCUT2D eigenvalue weighted by molar-refractivity contribution is 7.80. The zero-order chi connectivity index (χ0) is 18.7. The van der Waals surface area contributed by atoms with Crippen molar-refractivity contribution in [2.24, 2.45) is 0 Å². The predicted molar refractivity (Wildman–Crippen MR) is 105 cm³/mol. The summed E-state index contributed by atoms with van der Waals surface area (Å²) in [6, 6.07) is 15.9. The molecule has 3 rings (SSSR count). The minimum atomic E-state index is -0.492. The summed E-state index contributed by atoms with van der Waals surface area (Å²) < 4.78 is 5.28. The Morgan fingerprint density at radius 1 is 1.23 bits per heavy atom. The van der Waals surface area contributed by atoms with Crippen molar-refractivity contribution in [3.63, 3.8) is 0 Å². The van der Waals surface area contributed by atoms with Gasteiger partial charge in [-0.2, -0.15) is 0 Å². The van der Waals surface area contributed by atoms with Gasteiger partial charge in [0.15, 0.2) is 5.11 Å². The molecule has 2 aromatic rings. The second-order valence-electron chi connectivity index (χ2n) is 5.87. The number of phenolic OH excluding ortho intramolecular Hbond substituents is 1. The Hall–Kier alpha value is -2.86. The molecule has 1 aliphatic heterocycles. The van der Waals surface area contributed by atoms with Crippen molar-refractivity contribution in [2.45, 2.75) is 19.9 Å². The summed E-state index contributed by atoms with van der Waals surface area (Å²) in [5, 5.41) is 13.5. The van der Waals surface area contributed by atoms with Crippen LogP contribution in [0.2, 0.25) is 0 Å². The van der Waals surface area contributed by atoms with Crippen LogP contribution in [-0.2, 0) is 9.53 Å². The van der Waals surface area contributed by atoms with Gasteiger partial charge in [-0.25, -0.2) is 4.79 Å². The van der Waals surface area contributed by atoms with Crippen molar-refractivity contribution in [3.8, 4) is 5.75 Å². The van der Waals surface area contributed by atoms with Crippen LogP contribution in [0.25, 0.3) is 0 Å². The molecule has 0 bridgehead atoms. The second kappa shape index (κ2) is 7.58. The third kappa shape index (κ3) is 3.41. The lowest BCUT2D eigenvalue weighted by Crippen LogP contribution is -2.48. The van der Waals surface area contributed by atoms with Crippen LogP contribution in [0, 0.1) is 0 Å². The molecule has 6 heteroatoms. The smallest absolute Gasteiger partial charge is 0.338 e. The molecule has 0 aromatic heterocycles. The molecule has 1 aliphatic rings. The van der Waals surface area contributed by atoms with E-state index in [0.29, 0.717) is 16.4 Å². The molecular formula is C20H20N2O3S. The molecule has 1 heterocycles. The zero-order valence-electron chi connectivity index (χ0n) is 14.6. The van der Waals surface area contributed by atoms with E-state index >= 15 is 0 Å². The molecule has 0 saturated carbocycles. The maximum absolute atomic E-state index is 12.7. The fourth-order valence-electron chi connectivity index (χ4n) is 3.06. The van der Waals surface area contributed by atoms with E-state index in [0.717, 1.165) is 11.3 Å². The fourth-order valence-corrected chi connectivity index (χ4v) is 3.42. The molecule has 2 aromatic carbocycles. The molecule has 5 nitrogen and oxygen atoms in total. The van der Waals surface area contributed by atoms with E-state index in [1.807, 2.05) is 48.2 Å². The van der Waals surface area contributed by atoms with Crippen molar-refractivity contribution >= 4 is 29.0 Å². The largest absolute Gasteiger partial charge is 0.508 e. The number of hydrogen-bond donors (Lipinski definition) is 2. The number of rotatable bonds is 4. The molecule has 0 saturated heterocycles. The first kappa shape index (κ1) is 17.9. The molecule has 0 aliphatic carbocycles. The van der Waals surface area contributed by atoms with Crippen LogP contribution < -0.4 is 10.2 Å². The Morgan fingerprint density at radius 2 is 1.96 bits per heavy atom. The lowest BCUT2D eigenvalue weighted by molar-refractivity contribution is -0.139. The molecule has 1 unspecified atom stereocenters. The van der Waals surface area contributed by atoms with Gasteiger partial charge in [0.05, 0.1) is 18.2 Å². The van der Waals surface area contributed by atoms with E-state index in [2.05, 4.69) is 5.32 Å². The Kier molecular flexibility index (Phi) is 5.23. The van der Waals surface area contributed by atoms with Crippen molar-refractivity contribution in [3.05, 3.63) is 71.4 Å². The number of anilines is 1. The minimum Gasteiger partial charge on any atom is -0.508 e. The number of esters is 1. The van der Waals surface area contributed by atoms with Gasteiger partial charge in [0.1, 0.15) is 5.75 Å². The number of carbonyl (C=O) groups is 1. The van der Waals surface area contributed by atoms with Crippen molar-refractivity contribution in [1.29, 1.82) is 0 Å². The van der Waals surface area contributed by atoms with Crippen molar-refractivity contribution in [1.82, 2.24) is 5.32 Å². The zero-order valence-corrected chi connectivity index (χ0v) is 15.4. The van der Waals surface area contributed by atoms with Gasteiger partial charge in [0.2, 0.25) is 0 Å². The third-order valence-corrected chi connectivity index (χ3v) is 4.50. The SMILES string of the molecule is CCOC(=O)C1=C(C)N(c2ccccc2)C(=S)NC1c1cccc(O)c1. The predicted octanol–water partition coefficient (Wildman–Crippen LogP) is 3.67. The molecule has 0 amide bonds. The Balaban J connectivity index is 2.13. The molecule has 26 heavy (non-hydrogen) atoms. The number of para-hydroxylation sites is 1. The molecule has 1 atom stereocenters. The van der Waals surface area contributed by atoms with E-state index in [1.54, 1.807) is 25.1 Å². The second-order valence-corrected chi connectivity index (χ2v) is 6.25. The lowest BCUT2D eigenvalue weighted by Gasteiger charge is -2.37. The van der Waals surface area contributed by atoms with E-state index in [9.17, 15) is 9.90 Å². The number of nitrogens with one attached hydrogen (secondary N) is 1. The van der Waals surface area contributed by atoms with Crippen molar-refractivity contribution < 1.29 is 14.6 Å². The molecule has 0 radical (unpaired) electrons. The molecule has 134 valence electrons. The molecular weight excluding hydrogens is 348 g/mol. The van der Waals surface area contributed by atoms with E-state index in [4.69, 9.17) is 17.0 Å². The molecule has 0 spiro atoms. The van der Waals surface area contributed by atoms with Crippen LogP contribution in [-0.4, -0.2) is 22.8 Å². The van der Waals surface area contributed by atoms with Crippen LogP contribution in [0.15, 0.2) is 65.9 Å². The first-order chi connectivity index (χ1) is 12.5. The fraction of sp³-hybridized carbons (Fsp3) is 0.200. The number of phenols is 1. The van der Waals surface area contributed by atoms with Crippen LogP contribution >= 0.6 is 12.2 Å². The molecule has 2 N–H and O–H groups in total. The van der Waals surface area contributed by atoms with Gasteiger partial charge in [-0.3, -0.25) is 4.90 Å². The van der Waals surface area contributed by atoms with E-state index < -0.39 is 12.0 Å². The average molecular weight is 368 g/mol. The number of benzene rings is 2. The molecule has 0 fully saturated rings. The third-order valence-electron chi connectivity index (χ3n) is 4.20. The highest BCUT2D eigenvalue weighted by Crippen LogP contribution is 2.34.